The van der Waals surface area contributed by atoms with Gasteiger partial charge in [0.1, 0.15) is 0 Å². The van der Waals surface area contributed by atoms with Crippen molar-refractivity contribution >= 4 is 27.0 Å². The average Bonchev–Trinajstić information content (AvgIpc) is 2.83. The lowest BCUT2D eigenvalue weighted by molar-refractivity contribution is -0.144. The first-order chi connectivity index (χ1) is 17.1. The SMILES string of the molecule is C=C(C)C(=O)OCC(F)(F)S(=O)(=O)[O-].CC(C)(C)c1ccc([S+](c2ccccc2)c2ccccc2)cc1. The van der Waals surface area contributed by atoms with Crippen LogP contribution >= 0.6 is 0 Å². The van der Waals surface area contributed by atoms with Crippen LogP contribution in [-0.2, 0) is 36.0 Å². The van der Waals surface area contributed by atoms with Crippen molar-refractivity contribution in [3.05, 3.63) is 103 Å². The highest BCUT2D eigenvalue weighted by Gasteiger charge is 2.39. The number of alkyl halides is 2. The number of carbonyl (C=O) groups excluding carboxylic acids is 1. The Morgan fingerprint density at radius 1 is 0.865 bits per heavy atom. The Kier molecular flexibility index (Phi) is 10.2. The maximum Gasteiger partial charge on any atom is 0.367 e. The van der Waals surface area contributed by atoms with Crippen LogP contribution in [0.4, 0.5) is 8.78 Å². The van der Waals surface area contributed by atoms with Gasteiger partial charge in [0.15, 0.2) is 31.4 Å². The Bertz CT molecular complexity index is 1250. The number of esters is 1. The smallest absolute Gasteiger partial charge is 0.367 e. The zero-order valence-corrected chi connectivity index (χ0v) is 22.7. The van der Waals surface area contributed by atoms with Gasteiger partial charge in [-0.1, -0.05) is 75.9 Å². The lowest BCUT2D eigenvalue weighted by Gasteiger charge is -2.19. The third-order valence-electron chi connectivity index (χ3n) is 5.00. The summed E-state index contributed by atoms with van der Waals surface area (Å²) < 4.78 is 58.3. The first kappa shape index (κ1) is 30.2. The summed E-state index contributed by atoms with van der Waals surface area (Å²) in [7, 11) is -5.86. The maximum absolute atomic E-state index is 12.3. The second-order valence-corrected chi connectivity index (χ2v) is 12.7. The van der Waals surface area contributed by atoms with E-state index in [0.717, 1.165) is 0 Å². The summed E-state index contributed by atoms with van der Waals surface area (Å²) in [5.74, 6) is -1.19. The van der Waals surface area contributed by atoms with Crippen LogP contribution < -0.4 is 0 Å². The molecule has 0 aliphatic rings. The number of benzene rings is 3. The highest BCUT2D eigenvalue weighted by molar-refractivity contribution is 7.97. The molecule has 5 nitrogen and oxygen atoms in total. The van der Waals surface area contributed by atoms with Gasteiger partial charge in [0.05, 0.1) is 10.9 Å². The van der Waals surface area contributed by atoms with Crippen LogP contribution in [0.1, 0.15) is 33.3 Å². The molecule has 0 saturated heterocycles. The predicted octanol–water partition coefficient (Wildman–Crippen LogP) is 6.32. The molecular weight excluding hydrogens is 518 g/mol. The van der Waals surface area contributed by atoms with Gasteiger partial charge >= 0.3 is 11.2 Å². The molecule has 0 aliphatic heterocycles. The molecule has 0 atom stereocenters. The zero-order valence-electron chi connectivity index (χ0n) is 21.1. The average molecular weight is 549 g/mol. The summed E-state index contributed by atoms with van der Waals surface area (Å²) >= 11 is 0. The van der Waals surface area contributed by atoms with E-state index in [0.29, 0.717) is 0 Å². The molecule has 198 valence electrons. The molecule has 0 radical (unpaired) electrons. The zero-order chi connectivity index (χ0) is 27.9. The lowest BCUT2D eigenvalue weighted by atomic mass is 9.87. The largest absolute Gasteiger partial charge is 0.743 e. The predicted molar refractivity (Wildman–Crippen MR) is 141 cm³/mol. The molecule has 3 rings (SSSR count). The van der Waals surface area contributed by atoms with Crippen molar-refractivity contribution in [1.29, 1.82) is 0 Å². The van der Waals surface area contributed by atoms with E-state index in [-0.39, 0.29) is 21.9 Å². The van der Waals surface area contributed by atoms with Crippen molar-refractivity contribution in [2.75, 3.05) is 6.61 Å². The van der Waals surface area contributed by atoms with Crippen LogP contribution in [0.5, 0.6) is 0 Å². The molecule has 0 amide bonds. The molecule has 9 heteroatoms. The fraction of sp³-hybridized carbons (Fsp3) is 0.250. The van der Waals surface area contributed by atoms with E-state index in [2.05, 4.69) is 117 Å². The number of hydrogen-bond donors (Lipinski definition) is 0. The number of rotatable bonds is 7. The second kappa shape index (κ2) is 12.5. The Morgan fingerprint density at radius 2 is 1.27 bits per heavy atom. The molecule has 0 bridgehead atoms. The third-order valence-corrected chi connectivity index (χ3v) is 8.08. The molecule has 0 aromatic heterocycles. The summed E-state index contributed by atoms with van der Waals surface area (Å²) in [6, 6.07) is 30.7. The normalized spacial score (nSPS) is 11.9. The Balaban J connectivity index is 0.000000298. The molecule has 3 aromatic rings. The van der Waals surface area contributed by atoms with Crippen LogP contribution in [0, 0.1) is 0 Å². The first-order valence-electron chi connectivity index (χ1n) is 11.2. The summed E-state index contributed by atoms with van der Waals surface area (Å²) in [6.07, 6.45) is 0. The number of carbonyl (C=O) groups is 1. The number of ether oxygens (including phenoxy) is 1. The van der Waals surface area contributed by atoms with Crippen molar-refractivity contribution in [2.24, 2.45) is 0 Å². The summed E-state index contributed by atoms with van der Waals surface area (Å²) in [5.41, 5.74) is 1.39. The fourth-order valence-corrected chi connectivity index (χ4v) is 5.24. The summed E-state index contributed by atoms with van der Waals surface area (Å²) in [5, 5.41) is -4.61. The van der Waals surface area contributed by atoms with Crippen LogP contribution in [0.15, 0.2) is 112 Å². The van der Waals surface area contributed by atoms with Crippen molar-refractivity contribution in [3.8, 4) is 0 Å². The number of halogens is 2. The molecule has 37 heavy (non-hydrogen) atoms. The van der Waals surface area contributed by atoms with Crippen molar-refractivity contribution in [1.82, 2.24) is 0 Å². The van der Waals surface area contributed by atoms with E-state index < -0.39 is 27.9 Å². The summed E-state index contributed by atoms with van der Waals surface area (Å²) in [6.45, 7) is 9.24. The van der Waals surface area contributed by atoms with Gasteiger partial charge in [0, 0.05) is 5.57 Å². The highest BCUT2D eigenvalue weighted by atomic mass is 32.2. The van der Waals surface area contributed by atoms with Crippen molar-refractivity contribution in [2.45, 2.75) is 53.1 Å². The minimum Gasteiger partial charge on any atom is -0.743 e. The van der Waals surface area contributed by atoms with Crippen LogP contribution in [-0.4, -0.2) is 30.8 Å². The van der Waals surface area contributed by atoms with Gasteiger partial charge in [-0.05, 0) is 54.3 Å². The minimum absolute atomic E-state index is 0.0497. The molecule has 0 N–H and O–H groups in total. The Morgan fingerprint density at radius 3 is 1.62 bits per heavy atom. The molecule has 0 fully saturated rings. The van der Waals surface area contributed by atoms with Crippen molar-refractivity contribution < 1.29 is 31.3 Å². The van der Waals surface area contributed by atoms with Gasteiger partial charge < -0.3 is 9.29 Å². The molecular formula is C28H30F2O5S2. The molecule has 0 aliphatic carbocycles. The van der Waals surface area contributed by atoms with E-state index in [9.17, 15) is 26.5 Å². The van der Waals surface area contributed by atoms with Crippen LogP contribution in [0.25, 0.3) is 0 Å². The van der Waals surface area contributed by atoms with Crippen LogP contribution in [0.2, 0.25) is 0 Å². The number of hydrogen-bond acceptors (Lipinski definition) is 5. The van der Waals surface area contributed by atoms with E-state index in [4.69, 9.17) is 0 Å². The van der Waals surface area contributed by atoms with Gasteiger partial charge in [-0.3, -0.25) is 0 Å². The maximum atomic E-state index is 12.3. The quantitative estimate of drug-likeness (QED) is 0.149. The van der Waals surface area contributed by atoms with Gasteiger partial charge in [0.2, 0.25) is 0 Å². The van der Waals surface area contributed by atoms with E-state index >= 15 is 0 Å². The molecule has 3 aromatic carbocycles. The Labute approximate surface area is 220 Å². The fourth-order valence-electron chi connectivity index (χ4n) is 2.96. The van der Waals surface area contributed by atoms with Gasteiger partial charge in [-0.25, -0.2) is 13.2 Å². The first-order valence-corrected chi connectivity index (χ1v) is 13.9. The Hall–Kier alpha value is -3.01. The van der Waals surface area contributed by atoms with Crippen molar-refractivity contribution in [3.63, 3.8) is 0 Å². The van der Waals surface area contributed by atoms with Crippen LogP contribution in [0.3, 0.4) is 0 Å². The van der Waals surface area contributed by atoms with Gasteiger partial charge in [-0.15, -0.1) is 0 Å². The highest BCUT2D eigenvalue weighted by Crippen LogP contribution is 2.32. The van der Waals surface area contributed by atoms with E-state index in [1.807, 2.05) is 0 Å². The topological polar surface area (TPSA) is 83.5 Å². The molecule has 0 unspecified atom stereocenters. The van der Waals surface area contributed by atoms with Gasteiger partial charge in [0.25, 0.3) is 0 Å². The molecule has 0 heterocycles. The second-order valence-electron chi connectivity index (χ2n) is 9.15. The molecule has 0 saturated carbocycles. The monoisotopic (exact) mass is 548 g/mol. The van der Waals surface area contributed by atoms with E-state index in [1.165, 1.54) is 27.2 Å². The third kappa shape index (κ3) is 8.80. The molecule has 0 spiro atoms. The van der Waals surface area contributed by atoms with E-state index in [1.54, 1.807) is 0 Å². The minimum atomic E-state index is -5.81. The summed E-state index contributed by atoms with van der Waals surface area (Å²) in [4.78, 5) is 14.7. The lowest BCUT2D eigenvalue weighted by Crippen LogP contribution is -2.34. The standard InChI is InChI=1S/C22H23S.C6H8F2O5S/c1-22(2,3)18-14-16-21(17-15-18)23(19-10-6-4-7-11-19)20-12-8-5-9-13-20;1-4(2)5(9)13-3-6(7,8)14(10,11)12/h4-17H,1-3H3;1,3H2,2H3,(H,10,11,12)/q+1;/p-1. The van der Waals surface area contributed by atoms with Gasteiger partial charge in [-0.2, -0.15) is 8.78 Å².